The van der Waals surface area contributed by atoms with E-state index in [1.807, 2.05) is 12.1 Å². The van der Waals surface area contributed by atoms with Crippen LogP contribution in [0, 0.1) is 5.92 Å². The highest BCUT2D eigenvalue weighted by Crippen LogP contribution is 2.35. The van der Waals surface area contributed by atoms with Crippen LogP contribution in [0.5, 0.6) is 0 Å². The molecule has 0 saturated carbocycles. The lowest BCUT2D eigenvalue weighted by atomic mass is 10.1. The molecule has 0 unspecified atom stereocenters. The van der Waals surface area contributed by atoms with Gasteiger partial charge in [-0.15, -0.1) is 11.3 Å². The minimum absolute atomic E-state index is 0.0939. The number of nitrogen functional groups attached to an aromatic ring is 1. The Bertz CT molecular complexity index is 622. The molecule has 108 valence electrons. The van der Waals surface area contributed by atoms with E-state index in [0.717, 1.165) is 22.9 Å². The maximum absolute atomic E-state index is 12.2. The van der Waals surface area contributed by atoms with Crippen LogP contribution in [0.4, 0.5) is 5.69 Å². The highest BCUT2D eigenvalue weighted by Gasteiger charge is 2.16. The second-order valence-corrected chi connectivity index (χ2v) is 6.77. The molecule has 3 nitrogen and oxygen atoms in total. The standard InChI is InChI=1S/C15H19ClN2OS/c1-9(2)4-3-7-18-15(19)14-13(17)11-8-10(16)5-6-12(11)20-14/h5-6,8-9H,3-4,7,17H2,1-2H3,(H,18,19). The summed E-state index contributed by atoms with van der Waals surface area (Å²) in [5, 5.41) is 4.42. The lowest BCUT2D eigenvalue weighted by Gasteiger charge is -2.06. The molecule has 0 fully saturated rings. The Morgan fingerprint density at radius 1 is 1.45 bits per heavy atom. The molecule has 0 aliphatic heterocycles. The van der Waals surface area contributed by atoms with Gasteiger partial charge in [0.15, 0.2) is 0 Å². The third-order valence-corrected chi connectivity index (χ3v) is 4.56. The number of rotatable bonds is 5. The SMILES string of the molecule is CC(C)CCCNC(=O)c1sc2ccc(Cl)cc2c1N. The van der Waals surface area contributed by atoms with Crippen molar-refractivity contribution in [2.45, 2.75) is 26.7 Å². The van der Waals surface area contributed by atoms with Crippen molar-refractivity contribution in [1.82, 2.24) is 5.32 Å². The van der Waals surface area contributed by atoms with E-state index in [2.05, 4.69) is 19.2 Å². The van der Waals surface area contributed by atoms with Gasteiger partial charge in [0.2, 0.25) is 0 Å². The van der Waals surface area contributed by atoms with Crippen LogP contribution in [0.2, 0.25) is 5.02 Å². The van der Waals surface area contributed by atoms with Crippen LogP contribution >= 0.6 is 22.9 Å². The van der Waals surface area contributed by atoms with Gasteiger partial charge in [-0.05, 0) is 37.0 Å². The van der Waals surface area contributed by atoms with Gasteiger partial charge in [0.1, 0.15) is 4.88 Å². The molecule has 2 aromatic rings. The number of hydrogen-bond donors (Lipinski definition) is 2. The predicted molar refractivity (Wildman–Crippen MR) is 87.7 cm³/mol. The van der Waals surface area contributed by atoms with Crippen LogP contribution < -0.4 is 11.1 Å². The summed E-state index contributed by atoms with van der Waals surface area (Å²) in [6.45, 7) is 5.04. The molecular weight excluding hydrogens is 292 g/mol. The molecule has 5 heteroatoms. The number of anilines is 1. The number of carbonyl (C=O) groups is 1. The van der Waals surface area contributed by atoms with Crippen molar-refractivity contribution in [1.29, 1.82) is 0 Å². The topological polar surface area (TPSA) is 55.1 Å². The highest BCUT2D eigenvalue weighted by molar-refractivity contribution is 7.21. The summed E-state index contributed by atoms with van der Waals surface area (Å²) in [6, 6.07) is 5.51. The number of nitrogens with two attached hydrogens (primary N) is 1. The van der Waals surface area contributed by atoms with Crippen LogP contribution in [0.25, 0.3) is 10.1 Å². The average Bonchev–Trinajstić information content (AvgIpc) is 2.72. The fraction of sp³-hybridized carbons (Fsp3) is 0.400. The van der Waals surface area contributed by atoms with Gasteiger partial charge in [-0.3, -0.25) is 4.79 Å². The van der Waals surface area contributed by atoms with Crippen molar-refractivity contribution in [3.8, 4) is 0 Å². The number of benzene rings is 1. The Labute approximate surface area is 128 Å². The first-order valence-electron chi connectivity index (χ1n) is 6.74. The first-order valence-corrected chi connectivity index (χ1v) is 7.94. The lowest BCUT2D eigenvalue weighted by molar-refractivity contribution is 0.0957. The maximum atomic E-state index is 12.2. The van der Waals surface area contributed by atoms with Gasteiger partial charge in [-0.1, -0.05) is 25.4 Å². The van der Waals surface area contributed by atoms with Crippen molar-refractivity contribution in [3.63, 3.8) is 0 Å². The number of thiophene rings is 1. The zero-order valence-electron chi connectivity index (χ0n) is 11.7. The zero-order valence-corrected chi connectivity index (χ0v) is 13.3. The van der Waals surface area contributed by atoms with Crippen LogP contribution in [-0.2, 0) is 0 Å². The predicted octanol–water partition coefficient (Wildman–Crippen LogP) is 4.30. The van der Waals surface area contributed by atoms with E-state index in [-0.39, 0.29) is 5.91 Å². The summed E-state index contributed by atoms with van der Waals surface area (Å²) in [6.07, 6.45) is 2.10. The maximum Gasteiger partial charge on any atom is 0.263 e. The Kier molecular flexibility index (Phi) is 4.89. The van der Waals surface area contributed by atoms with Crippen molar-refractivity contribution < 1.29 is 4.79 Å². The number of amides is 1. The molecule has 0 bridgehead atoms. The summed E-state index contributed by atoms with van der Waals surface area (Å²) in [7, 11) is 0. The molecule has 0 aliphatic carbocycles. The smallest absolute Gasteiger partial charge is 0.263 e. The van der Waals surface area contributed by atoms with Crippen molar-refractivity contribution in [3.05, 3.63) is 28.1 Å². The van der Waals surface area contributed by atoms with Crippen molar-refractivity contribution >= 4 is 44.6 Å². The Morgan fingerprint density at radius 3 is 2.90 bits per heavy atom. The number of fused-ring (bicyclic) bond motifs is 1. The highest BCUT2D eigenvalue weighted by atomic mass is 35.5. The van der Waals surface area contributed by atoms with E-state index in [0.29, 0.717) is 28.0 Å². The van der Waals surface area contributed by atoms with Crippen molar-refractivity contribution in [2.24, 2.45) is 5.92 Å². The van der Waals surface area contributed by atoms with E-state index in [1.54, 1.807) is 6.07 Å². The minimum Gasteiger partial charge on any atom is -0.397 e. The van der Waals surface area contributed by atoms with Crippen LogP contribution in [-0.4, -0.2) is 12.5 Å². The molecule has 3 N–H and O–H groups in total. The quantitative estimate of drug-likeness (QED) is 0.809. The van der Waals surface area contributed by atoms with E-state index in [4.69, 9.17) is 17.3 Å². The van der Waals surface area contributed by atoms with Crippen molar-refractivity contribution in [2.75, 3.05) is 12.3 Å². The van der Waals surface area contributed by atoms with Gasteiger partial charge in [-0.2, -0.15) is 0 Å². The summed E-state index contributed by atoms with van der Waals surface area (Å²) < 4.78 is 0.985. The molecule has 0 aliphatic rings. The first-order chi connectivity index (χ1) is 9.49. The summed E-state index contributed by atoms with van der Waals surface area (Å²) in [5.41, 5.74) is 6.57. The second-order valence-electron chi connectivity index (χ2n) is 5.28. The van der Waals surface area contributed by atoms with Crippen LogP contribution in [0.15, 0.2) is 18.2 Å². The second kappa shape index (κ2) is 6.46. The number of nitrogens with one attached hydrogen (secondary N) is 1. The van der Waals surface area contributed by atoms with E-state index < -0.39 is 0 Å². The normalized spacial score (nSPS) is 11.2. The molecule has 20 heavy (non-hydrogen) atoms. The number of hydrogen-bond acceptors (Lipinski definition) is 3. The molecule has 0 spiro atoms. The Balaban J connectivity index is 2.08. The Hall–Kier alpha value is -1.26. The molecule has 1 heterocycles. The van der Waals surface area contributed by atoms with E-state index in [1.165, 1.54) is 11.3 Å². The van der Waals surface area contributed by atoms with Crippen LogP contribution in [0.3, 0.4) is 0 Å². The molecule has 0 atom stereocenters. The monoisotopic (exact) mass is 310 g/mol. The zero-order chi connectivity index (χ0) is 14.7. The van der Waals surface area contributed by atoms with E-state index >= 15 is 0 Å². The van der Waals surface area contributed by atoms with E-state index in [9.17, 15) is 4.79 Å². The van der Waals surface area contributed by atoms with Gasteiger partial charge < -0.3 is 11.1 Å². The first kappa shape index (κ1) is 15.1. The summed E-state index contributed by atoms with van der Waals surface area (Å²) in [5.74, 6) is 0.562. The number of carbonyl (C=O) groups excluding carboxylic acids is 1. The number of halogens is 1. The minimum atomic E-state index is -0.0939. The summed E-state index contributed by atoms with van der Waals surface area (Å²) >= 11 is 7.37. The van der Waals surface area contributed by atoms with Gasteiger partial charge >= 0.3 is 0 Å². The van der Waals surface area contributed by atoms with Gasteiger partial charge in [-0.25, -0.2) is 0 Å². The molecule has 0 saturated heterocycles. The Morgan fingerprint density at radius 2 is 2.20 bits per heavy atom. The fourth-order valence-corrected chi connectivity index (χ4v) is 3.24. The molecular formula is C15H19ClN2OS. The van der Waals surface area contributed by atoms with Crippen LogP contribution in [0.1, 0.15) is 36.4 Å². The third kappa shape index (κ3) is 3.44. The molecule has 1 aromatic heterocycles. The molecule has 1 aromatic carbocycles. The van der Waals surface area contributed by atoms with Gasteiger partial charge in [0.05, 0.1) is 5.69 Å². The summed E-state index contributed by atoms with van der Waals surface area (Å²) in [4.78, 5) is 12.7. The fourth-order valence-electron chi connectivity index (χ4n) is 2.05. The lowest BCUT2D eigenvalue weighted by Crippen LogP contribution is -2.24. The van der Waals surface area contributed by atoms with Gasteiger partial charge in [0, 0.05) is 21.7 Å². The third-order valence-electron chi connectivity index (χ3n) is 3.14. The van der Waals surface area contributed by atoms with Gasteiger partial charge in [0.25, 0.3) is 5.91 Å². The molecule has 0 radical (unpaired) electrons. The molecule has 1 amide bonds. The average molecular weight is 311 g/mol. The molecule has 2 rings (SSSR count). The largest absolute Gasteiger partial charge is 0.397 e.